The van der Waals surface area contributed by atoms with Gasteiger partial charge in [0.05, 0.1) is 0 Å². The first-order chi connectivity index (χ1) is 9.63. The Kier molecular flexibility index (Phi) is 7.12. The van der Waals surface area contributed by atoms with Crippen molar-refractivity contribution in [1.29, 1.82) is 0 Å². The Balaban J connectivity index is 0.00000220. The van der Waals surface area contributed by atoms with Gasteiger partial charge in [-0.1, -0.05) is 31.4 Å². The Morgan fingerprint density at radius 1 is 1.19 bits per heavy atom. The van der Waals surface area contributed by atoms with Crippen LogP contribution in [0.4, 0.5) is 4.39 Å². The van der Waals surface area contributed by atoms with Gasteiger partial charge in [-0.05, 0) is 42.5 Å². The molecule has 1 aromatic rings. The third kappa shape index (κ3) is 5.29. The molecule has 0 bridgehead atoms. The van der Waals surface area contributed by atoms with Gasteiger partial charge < -0.3 is 11.1 Å². The Morgan fingerprint density at radius 2 is 1.81 bits per heavy atom. The van der Waals surface area contributed by atoms with E-state index in [2.05, 4.69) is 5.32 Å². The summed E-state index contributed by atoms with van der Waals surface area (Å²) in [7, 11) is 0. The van der Waals surface area contributed by atoms with Crippen LogP contribution in [0.5, 0.6) is 0 Å². The van der Waals surface area contributed by atoms with Crippen LogP contribution in [0, 0.1) is 11.2 Å². The Bertz CT molecular complexity index is 444. The van der Waals surface area contributed by atoms with Crippen LogP contribution in [0.25, 0.3) is 0 Å². The second-order valence-corrected chi connectivity index (χ2v) is 5.84. The van der Waals surface area contributed by atoms with Gasteiger partial charge in [0.1, 0.15) is 5.82 Å². The van der Waals surface area contributed by atoms with Crippen molar-refractivity contribution in [2.24, 2.45) is 11.1 Å². The molecule has 0 unspecified atom stereocenters. The second kappa shape index (κ2) is 8.35. The lowest BCUT2D eigenvalue weighted by atomic mass is 9.71. The number of halogens is 2. The highest BCUT2D eigenvalue weighted by molar-refractivity contribution is 5.85. The lowest BCUT2D eigenvalue weighted by Crippen LogP contribution is -2.38. The quantitative estimate of drug-likeness (QED) is 0.877. The predicted molar refractivity (Wildman–Crippen MR) is 84.7 cm³/mol. The van der Waals surface area contributed by atoms with E-state index in [4.69, 9.17) is 5.73 Å². The third-order valence-corrected chi connectivity index (χ3v) is 4.29. The summed E-state index contributed by atoms with van der Waals surface area (Å²) in [4.78, 5) is 12.1. The molecule has 2 rings (SSSR count). The van der Waals surface area contributed by atoms with Gasteiger partial charge >= 0.3 is 0 Å². The van der Waals surface area contributed by atoms with E-state index in [0.29, 0.717) is 19.5 Å². The highest BCUT2D eigenvalue weighted by atomic mass is 35.5. The number of hydrogen-bond donors (Lipinski definition) is 2. The molecule has 1 aliphatic rings. The SMILES string of the molecule is Cl.NCC1(CC(=O)NCc2ccc(F)cc2)CCCCC1. The molecule has 3 nitrogen and oxygen atoms in total. The smallest absolute Gasteiger partial charge is 0.220 e. The van der Waals surface area contributed by atoms with Gasteiger partial charge in [0, 0.05) is 13.0 Å². The zero-order chi connectivity index (χ0) is 14.4. The zero-order valence-electron chi connectivity index (χ0n) is 12.2. The molecule has 5 heteroatoms. The summed E-state index contributed by atoms with van der Waals surface area (Å²) >= 11 is 0. The minimum Gasteiger partial charge on any atom is -0.352 e. The van der Waals surface area contributed by atoms with Crippen molar-refractivity contribution >= 4 is 18.3 Å². The maximum absolute atomic E-state index is 12.8. The molecule has 1 aromatic carbocycles. The van der Waals surface area contributed by atoms with Gasteiger partial charge in [-0.3, -0.25) is 4.79 Å². The Labute approximate surface area is 131 Å². The Morgan fingerprint density at radius 3 is 2.38 bits per heavy atom. The van der Waals surface area contributed by atoms with E-state index in [1.54, 1.807) is 12.1 Å². The van der Waals surface area contributed by atoms with Crippen LogP contribution in [0.15, 0.2) is 24.3 Å². The van der Waals surface area contributed by atoms with E-state index in [0.717, 1.165) is 18.4 Å². The number of hydrogen-bond acceptors (Lipinski definition) is 2. The molecule has 0 spiro atoms. The molecule has 1 saturated carbocycles. The lowest BCUT2D eigenvalue weighted by molar-refractivity contribution is -0.124. The van der Waals surface area contributed by atoms with E-state index in [9.17, 15) is 9.18 Å². The molecule has 3 N–H and O–H groups in total. The first-order valence-corrected chi connectivity index (χ1v) is 7.35. The minimum absolute atomic E-state index is 0. The fourth-order valence-electron chi connectivity index (χ4n) is 2.96. The van der Waals surface area contributed by atoms with Crippen molar-refractivity contribution in [2.45, 2.75) is 45.1 Å². The maximum Gasteiger partial charge on any atom is 0.220 e. The maximum atomic E-state index is 12.8. The number of nitrogens with two attached hydrogens (primary N) is 1. The molecule has 0 radical (unpaired) electrons. The van der Waals surface area contributed by atoms with Crippen LogP contribution in [-0.2, 0) is 11.3 Å². The Hall–Kier alpha value is -1.13. The standard InChI is InChI=1S/C16H23FN2O.ClH/c17-14-6-4-13(5-7-14)11-19-15(20)10-16(12-18)8-2-1-3-9-16;/h4-7H,1-3,8-12,18H2,(H,19,20);1H. The van der Waals surface area contributed by atoms with Crippen LogP contribution < -0.4 is 11.1 Å². The fourth-order valence-corrected chi connectivity index (χ4v) is 2.96. The minimum atomic E-state index is -0.260. The zero-order valence-corrected chi connectivity index (χ0v) is 13.1. The number of carbonyl (C=O) groups excluding carboxylic acids is 1. The molecule has 1 amide bonds. The van der Waals surface area contributed by atoms with Crippen LogP contribution in [0.1, 0.15) is 44.1 Å². The van der Waals surface area contributed by atoms with E-state index in [-0.39, 0.29) is 29.5 Å². The van der Waals surface area contributed by atoms with Crippen molar-refractivity contribution in [1.82, 2.24) is 5.32 Å². The van der Waals surface area contributed by atoms with Gasteiger partial charge in [0.2, 0.25) is 5.91 Å². The average molecular weight is 315 g/mol. The largest absolute Gasteiger partial charge is 0.352 e. The molecular weight excluding hydrogens is 291 g/mol. The molecule has 0 heterocycles. The average Bonchev–Trinajstić information content (AvgIpc) is 2.47. The second-order valence-electron chi connectivity index (χ2n) is 5.84. The monoisotopic (exact) mass is 314 g/mol. The van der Waals surface area contributed by atoms with Crippen LogP contribution in [-0.4, -0.2) is 12.5 Å². The van der Waals surface area contributed by atoms with Gasteiger partial charge in [0.25, 0.3) is 0 Å². The fraction of sp³-hybridized carbons (Fsp3) is 0.562. The summed E-state index contributed by atoms with van der Waals surface area (Å²) in [5.74, 6) is -0.217. The third-order valence-electron chi connectivity index (χ3n) is 4.29. The number of carbonyl (C=O) groups is 1. The van der Waals surface area contributed by atoms with E-state index < -0.39 is 0 Å². The summed E-state index contributed by atoms with van der Waals surface area (Å²) in [6, 6.07) is 6.19. The van der Waals surface area contributed by atoms with Crippen LogP contribution in [0.2, 0.25) is 0 Å². The number of nitrogens with one attached hydrogen (secondary N) is 1. The summed E-state index contributed by atoms with van der Waals surface area (Å²) in [5.41, 5.74) is 6.79. The molecule has 21 heavy (non-hydrogen) atoms. The molecule has 1 fully saturated rings. The lowest BCUT2D eigenvalue weighted by Gasteiger charge is -2.35. The van der Waals surface area contributed by atoms with Crippen molar-refractivity contribution < 1.29 is 9.18 Å². The molecule has 0 aliphatic heterocycles. The summed E-state index contributed by atoms with van der Waals surface area (Å²) < 4.78 is 12.8. The van der Waals surface area contributed by atoms with Gasteiger partial charge in [0.15, 0.2) is 0 Å². The molecule has 1 aliphatic carbocycles. The first-order valence-electron chi connectivity index (χ1n) is 7.35. The van der Waals surface area contributed by atoms with Gasteiger partial charge in [-0.2, -0.15) is 0 Å². The summed E-state index contributed by atoms with van der Waals surface area (Å²) in [6.45, 7) is 1.02. The summed E-state index contributed by atoms with van der Waals surface area (Å²) in [5, 5.41) is 2.91. The highest BCUT2D eigenvalue weighted by Gasteiger charge is 2.32. The normalized spacial score (nSPS) is 16.9. The topological polar surface area (TPSA) is 55.1 Å². The number of amides is 1. The first kappa shape index (κ1) is 17.9. The molecular formula is C16H24ClFN2O. The van der Waals surface area contributed by atoms with E-state index in [1.165, 1.54) is 31.4 Å². The van der Waals surface area contributed by atoms with Crippen molar-refractivity contribution in [3.8, 4) is 0 Å². The number of benzene rings is 1. The summed E-state index contributed by atoms with van der Waals surface area (Å²) in [6.07, 6.45) is 6.19. The van der Waals surface area contributed by atoms with Crippen molar-refractivity contribution in [3.05, 3.63) is 35.6 Å². The molecule has 0 aromatic heterocycles. The van der Waals surface area contributed by atoms with E-state index >= 15 is 0 Å². The molecule has 0 saturated heterocycles. The van der Waals surface area contributed by atoms with Gasteiger partial charge in [-0.15, -0.1) is 12.4 Å². The van der Waals surface area contributed by atoms with Crippen LogP contribution >= 0.6 is 12.4 Å². The number of rotatable bonds is 5. The predicted octanol–water partition coefficient (Wildman–Crippen LogP) is 3.16. The van der Waals surface area contributed by atoms with E-state index in [1.807, 2.05) is 0 Å². The molecule has 118 valence electrons. The molecule has 0 atom stereocenters. The van der Waals surface area contributed by atoms with Crippen LogP contribution in [0.3, 0.4) is 0 Å². The van der Waals surface area contributed by atoms with Gasteiger partial charge in [-0.25, -0.2) is 4.39 Å². The van der Waals surface area contributed by atoms with Crippen molar-refractivity contribution in [3.63, 3.8) is 0 Å². The highest BCUT2D eigenvalue weighted by Crippen LogP contribution is 2.38. The van der Waals surface area contributed by atoms with Crippen molar-refractivity contribution in [2.75, 3.05) is 6.54 Å².